The van der Waals surface area contributed by atoms with Crippen molar-refractivity contribution in [3.05, 3.63) is 35.4 Å². The predicted molar refractivity (Wildman–Crippen MR) is 144 cm³/mol. The van der Waals surface area contributed by atoms with Gasteiger partial charge in [-0.05, 0) is 74.8 Å². The summed E-state index contributed by atoms with van der Waals surface area (Å²) in [6, 6.07) is 8.77. The van der Waals surface area contributed by atoms with E-state index in [1.54, 1.807) is 6.92 Å². The molecule has 2 N–H and O–H groups in total. The van der Waals surface area contributed by atoms with Crippen LogP contribution in [-0.4, -0.2) is 39.6 Å². The number of hydrogen-bond acceptors (Lipinski definition) is 3. The Morgan fingerprint density at radius 1 is 0.973 bits per heavy atom. The van der Waals surface area contributed by atoms with Crippen molar-refractivity contribution in [2.45, 2.75) is 104 Å². The van der Waals surface area contributed by atoms with Gasteiger partial charge < -0.3 is 10.2 Å². The molecule has 2 rings (SSSR count). The Morgan fingerprint density at radius 3 is 1.86 bits per heavy atom. The first-order valence-corrected chi connectivity index (χ1v) is 14.1. The third-order valence-electron chi connectivity index (χ3n) is 6.97. The van der Waals surface area contributed by atoms with E-state index in [1.165, 1.54) is 49.7 Å². The second-order valence-electron chi connectivity index (χ2n) is 9.63. The van der Waals surface area contributed by atoms with E-state index in [0.717, 1.165) is 38.0 Å². The van der Waals surface area contributed by atoms with Crippen LogP contribution in [0.5, 0.6) is 0 Å². The van der Waals surface area contributed by atoms with Gasteiger partial charge in [0.25, 0.3) is 0 Å². The van der Waals surface area contributed by atoms with Crippen LogP contribution in [0.2, 0.25) is 0 Å². The first kappa shape index (κ1) is 35.7. The molecule has 1 aliphatic rings. The van der Waals surface area contributed by atoms with E-state index >= 15 is 0 Å². The van der Waals surface area contributed by atoms with Crippen LogP contribution in [0.3, 0.4) is 0 Å². The lowest BCUT2D eigenvalue weighted by molar-refractivity contribution is -0.192. The van der Waals surface area contributed by atoms with Gasteiger partial charge in [0.05, 0.1) is 11.4 Å². The Morgan fingerprint density at radius 2 is 1.46 bits per heavy atom. The summed E-state index contributed by atoms with van der Waals surface area (Å²) in [4.78, 5) is 21.0. The van der Waals surface area contributed by atoms with Gasteiger partial charge in [-0.1, -0.05) is 63.8 Å². The number of carbonyl (C=O) groups is 2. The molecule has 0 amide bonds. The Hall–Kier alpha value is -1.31. The highest BCUT2D eigenvalue weighted by molar-refractivity contribution is 6.40. The number of aliphatic hydroxyl groups is 1. The number of aliphatic carboxylic acids is 1. The van der Waals surface area contributed by atoms with Crippen molar-refractivity contribution in [1.29, 1.82) is 0 Å². The third-order valence-corrected chi connectivity index (χ3v) is 6.97. The molecule has 1 aliphatic carbocycles. The second-order valence-corrected chi connectivity index (χ2v) is 10.4. The number of aliphatic hydroxyl groups excluding tert-OH is 1. The van der Waals surface area contributed by atoms with Gasteiger partial charge in [-0.25, -0.2) is 4.79 Å². The first-order valence-electron chi connectivity index (χ1n) is 13.1. The first-order chi connectivity index (χ1) is 17.4. The van der Waals surface area contributed by atoms with Gasteiger partial charge in [-0.2, -0.15) is 13.2 Å². The molecule has 0 bridgehead atoms. The number of hydrogen-bond donors (Lipinski definition) is 2. The molecule has 0 saturated heterocycles. The topological polar surface area (TPSA) is 74.6 Å². The van der Waals surface area contributed by atoms with Gasteiger partial charge in [0, 0.05) is 5.92 Å². The fourth-order valence-corrected chi connectivity index (χ4v) is 4.71. The Kier molecular flexibility index (Phi) is 19.0. The fraction of sp³-hybridized carbons (Fsp3) is 0.714. The van der Waals surface area contributed by atoms with E-state index in [4.69, 9.17) is 33.1 Å². The molecular weight excluding hydrogens is 528 g/mol. The summed E-state index contributed by atoms with van der Waals surface area (Å²) in [7, 11) is 0. The minimum atomic E-state index is -5.08. The van der Waals surface area contributed by atoms with Crippen molar-refractivity contribution >= 4 is 35.0 Å². The maximum atomic E-state index is 12.1. The van der Waals surface area contributed by atoms with Crippen LogP contribution in [0.1, 0.15) is 89.7 Å². The molecule has 1 saturated carbocycles. The quantitative estimate of drug-likeness (QED) is 0.263. The summed E-state index contributed by atoms with van der Waals surface area (Å²) in [5, 5.41) is 18.0. The summed E-state index contributed by atoms with van der Waals surface area (Å²) in [6.45, 7) is 6.15. The number of alkyl halides is 5. The maximum absolute atomic E-state index is 12.1. The SMILES string of the molecule is CCCC1CCC(C(O)CCC(CCc2ccc(CC)cc2)C(C)=O)CC1.ClCCl.O=C(O)C(F)(F)F. The summed E-state index contributed by atoms with van der Waals surface area (Å²) in [5.74, 6) is -1.07. The van der Waals surface area contributed by atoms with E-state index in [9.17, 15) is 23.1 Å². The molecule has 2 unspecified atom stereocenters. The van der Waals surface area contributed by atoms with E-state index in [2.05, 4.69) is 38.1 Å². The van der Waals surface area contributed by atoms with Crippen LogP contribution in [0, 0.1) is 17.8 Å². The van der Waals surface area contributed by atoms with E-state index in [-0.39, 0.29) is 23.1 Å². The predicted octanol–water partition coefficient (Wildman–Crippen LogP) is 8.19. The van der Waals surface area contributed by atoms with Crippen LogP contribution in [0.15, 0.2) is 24.3 Å². The number of aryl methyl sites for hydroxylation is 2. The van der Waals surface area contributed by atoms with Gasteiger partial charge in [0.2, 0.25) is 0 Å². The van der Waals surface area contributed by atoms with Crippen molar-refractivity contribution in [3.63, 3.8) is 0 Å². The van der Waals surface area contributed by atoms with E-state index in [1.807, 2.05) is 0 Å². The molecule has 0 radical (unpaired) electrons. The van der Waals surface area contributed by atoms with E-state index in [0.29, 0.717) is 5.92 Å². The fourth-order valence-electron chi connectivity index (χ4n) is 4.71. The molecule has 0 aromatic heterocycles. The van der Waals surface area contributed by atoms with Crippen LogP contribution in [-0.2, 0) is 22.4 Å². The molecule has 0 aliphatic heterocycles. The largest absolute Gasteiger partial charge is 0.490 e. The minimum absolute atomic E-state index is 0.0851. The van der Waals surface area contributed by atoms with Gasteiger partial charge in [-0.15, -0.1) is 23.2 Å². The van der Waals surface area contributed by atoms with E-state index < -0.39 is 12.1 Å². The summed E-state index contributed by atoms with van der Waals surface area (Å²) >= 11 is 9.53. The lowest BCUT2D eigenvalue weighted by Crippen LogP contribution is -2.27. The van der Waals surface area contributed by atoms with Crippen molar-refractivity contribution in [2.75, 3.05) is 5.34 Å². The average molecular weight is 572 g/mol. The van der Waals surface area contributed by atoms with Crippen molar-refractivity contribution in [3.8, 4) is 0 Å². The number of ketones is 1. The zero-order chi connectivity index (χ0) is 28.4. The Balaban J connectivity index is 0.00000110. The second kappa shape index (κ2) is 19.7. The maximum Gasteiger partial charge on any atom is 0.490 e. The highest BCUT2D eigenvalue weighted by Gasteiger charge is 2.38. The van der Waals surface area contributed by atoms with Crippen molar-refractivity contribution in [1.82, 2.24) is 0 Å². The normalized spacial score (nSPS) is 18.9. The third kappa shape index (κ3) is 16.3. The van der Waals surface area contributed by atoms with Gasteiger partial charge in [0.15, 0.2) is 0 Å². The van der Waals surface area contributed by atoms with Crippen LogP contribution >= 0.6 is 23.2 Å². The molecule has 0 spiro atoms. The molecule has 1 aromatic carbocycles. The summed E-state index contributed by atoms with van der Waals surface area (Å²) < 4.78 is 31.7. The average Bonchev–Trinajstić information content (AvgIpc) is 2.85. The van der Waals surface area contributed by atoms with Crippen molar-refractivity contribution < 1.29 is 33.0 Å². The number of carboxylic acid groups (broad SMARTS) is 1. The number of rotatable bonds is 11. The molecule has 214 valence electrons. The molecule has 4 nitrogen and oxygen atoms in total. The molecule has 2 atom stereocenters. The highest BCUT2D eigenvalue weighted by Crippen LogP contribution is 2.34. The molecule has 9 heteroatoms. The highest BCUT2D eigenvalue weighted by atomic mass is 35.5. The zero-order valence-electron chi connectivity index (χ0n) is 22.2. The lowest BCUT2D eigenvalue weighted by atomic mass is 9.76. The number of carbonyl (C=O) groups excluding carboxylic acids is 1. The van der Waals surface area contributed by atoms with Gasteiger partial charge >= 0.3 is 12.1 Å². The number of carboxylic acids is 1. The molecule has 0 heterocycles. The Bertz CT molecular complexity index is 749. The molecular formula is C28H43Cl2F3O4. The number of halogens is 5. The Labute approximate surface area is 229 Å². The zero-order valence-corrected chi connectivity index (χ0v) is 23.7. The number of Topliss-reactive ketones (excluding diaryl/α,β-unsaturated/α-hetero) is 1. The summed E-state index contributed by atoms with van der Waals surface area (Å²) in [6.07, 6.45) is 6.73. The van der Waals surface area contributed by atoms with Gasteiger partial charge in [-0.3, -0.25) is 4.79 Å². The van der Waals surface area contributed by atoms with Crippen LogP contribution in [0.25, 0.3) is 0 Å². The van der Waals surface area contributed by atoms with Crippen molar-refractivity contribution in [2.24, 2.45) is 17.8 Å². The van der Waals surface area contributed by atoms with Crippen LogP contribution in [0.4, 0.5) is 13.2 Å². The molecule has 1 fully saturated rings. The van der Waals surface area contributed by atoms with Gasteiger partial charge in [0.1, 0.15) is 5.78 Å². The molecule has 37 heavy (non-hydrogen) atoms. The molecule has 1 aromatic rings. The standard InChI is InChI=1S/C25H40O2.C2HF3O2.CH2Cl2/c1-4-6-21-12-15-24(16-13-21)25(27)18-17-23(19(3)26)14-11-22-9-7-20(5-2)8-10-22;3-2(4,5)1(6)7;2-1-3/h7-10,21,23-25,27H,4-6,11-18H2,1-3H3;(H,6,7);1H2. The minimum Gasteiger partial charge on any atom is -0.475 e. The smallest absolute Gasteiger partial charge is 0.475 e. The van der Waals surface area contributed by atoms with Crippen LogP contribution < -0.4 is 0 Å². The lowest BCUT2D eigenvalue weighted by Gasteiger charge is -2.32. The monoisotopic (exact) mass is 570 g/mol. The number of benzene rings is 1. The summed E-state index contributed by atoms with van der Waals surface area (Å²) in [5.41, 5.74) is 2.67.